The Morgan fingerprint density at radius 1 is 1.00 bits per heavy atom. The largest absolute Gasteiger partial charge is 0.312 e. The predicted octanol–water partition coefficient (Wildman–Crippen LogP) is 3.09. The minimum absolute atomic E-state index is 0.0926. The van der Waals surface area contributed by atoms with Crippen molar-refractivity contribution in [1.82, 2.24) is 4.72 Å². The Hall–Kier alpha value is -2.18. The molecule has 1 aliphatic carbocycles. The number of amides is 1. The second-order valence-corrected chi connectivity index (χ2v) is 8.88. The molecule has 2 aliphatic rings. The lowest BCUT2D eigenvalue weighted by Crippen LogP contribution is -2.34. The first-order chi connectivity index (χ1) is 12.4. The van der Waals surface area contributed by atoms with Crippen molar-refractivity contribution in [1.29, 1.82) is 0 Å². The molecule has 1 amide bonds. The topological polar surface area (TPSA) is 66.5 Å². The molecule has 0 bridgehead atoms. The van der Waals surface area contributed by atoms with Gasteiger partial charge in [0.25, 0.3) is 0 Å². The molecule has 1 aliphatic heterocycles. The van der Waals surface area contributed by atoms with E-state index in [0.717, 1.165) is 36.1 Å². The summed E-state index contributed by atoms with van der Waals surface area (Å²) in [6.07, 6.45) is 3.01. The monoisotopic (exact) mass is 370 g/mol. The summed E-state index contributed by atoms with van der Waals surface area (Å²) >= 11 is 0. The molecular weight excluding hydrogens is 348 g/mol. The fraction of sp³-hybridized carbons (Fsp3) is 0.350. The Morgan fingerprint density at radius 3 is 2.19 bits per heavy atom. The Kier molecular flexibility index (Phi) is 4.12. The lowest BCUT2D eigenvalue weighted by atomic mass is 10.0. The minimum Gasteiger partial charge on any atom is -0.312 e. The number of rotatable bonds is 5. The molecule has 2 aromatic carbocycles. The lowest BCUT2D eigenvalue weighted by Gasteiger charge is -2.19. The molecule has 0 aromatic heterocycles. The average molecular weight is 370 g/mol. The fourth-order valence-electron chi connectivity index (χ4n) is 3.49. The Balaban J connectivity index is 1.55. The summed E-state index contributed by atoms with van der Waals surface area (Å²) in [6.45, 7) is 2.71. The van der Waals surface area contributed by atoms with Crippen molar-refractivity contribution in [2.75, 3.05) is 11.4 Å². The van der Waals surface area contributed by atoms with Crippen LogP contribution in [0.1, 0.15) is 36.8 Å². The fourth-order valence-corrected chi connectivity index (χ4v) is 4.94. The van der Waals surface area contributed by atoms with E-state index in [1.54, 1.807) is 29.2 Å². The number of anilines is 1. The quantitative estimate of drug-likeness (QED) is 0.879. The molecule has 1 N–H and O–H groups in total. The first-order valence-electron chi connectivity index (χ1n) is 8.91. The summed E-state index contributed by atoms with van der Waals surface area (Å²) in [5.41, 5.74) is 2.42. The molecular formula is C20H22N2O3S. The van der Waals surface area contributed by atoms with Gasteiger partial charge in [-0.1, -0.05) is 29.8 Å². The number of nitrogens with zero attached hydrogens (tertiary/aromatic N) is 1. The third-order valence-electron chi connectivity index (χ3n) is 5.22. The average Bonchev–Trinajstić information content (AvgIpc) is 3.26. The van der Waals surface area contributed by atoms with Gasteiger partial charge in [-0.2, -0.15) is 0 Å². The van der Waals surface area contributed by atoms with Crippen LogP contribution in [-0.4, -0.2) is 20.9 Å². The molecule has 0 unspecified atom stereocenters. The molecule has 1 saturated heterocycles. The van der Waals surface area contributed by atoms with Crippen molar-refractivity contribution < 1.29 is 13.2 Å². The zero-order valence-corrected chi connectivity index (χ0v) is 15.6. The highest BCUT2D eigenvalue weighted by Crippen LogP contribution is 2.46. The van der Waals surface area contributed by atoms with Gasteiger partial charge >= 0.3 is 0 Å². The van der Waals surface area contributed by atoms with E-state index in [1.807, 2.05) is 31.2 Å². The molecule has 0 atom stereocenters. The van der Waals surface area contributed by atoms with Crippen molar-refractivity contribution in [3.05, 3.63) is 59.7 Å². The molecule has 0 radical (unpaired) electrons. The van der Waals surface area contributed by atoms with E-state index < -0.39 is 15.6 Å². The standard InChI is InChI=1S/C20H22N2O3S/c1-15-4-6-16(7-5-15)20(12-13-20)21-26(24,25)18-10-8-17(9-11-18)22-14-2-3-19(22)23/h4-11,21H,2-3,12-14H2,1H3. The van der Waals surface area contributed by atoms with Crippen LogP contribution in [0.4, 0.5) is 5.69 Å². The highest BCUT2D eigenvalue weighted by atomic mass is 32.2. The van der Waals surface area contributed by atoms with Gasteiger partial charge in [-0.15, -0.1) is 0 Å². The molecule has 0 spiro atoms. The van der Waals surface area contributed by atoms with E-state index in [0.29, 0.717) is 13.0 Å². The number of hydrogen-bond donors (Lipinski definition) is 1. The highest BCUT2D eigenvalue weighted by Gasteiger charge is 2.47. The van der Waals surface area contributed by atoms with Crippen LogP contribution in [0.5, 0.6) is 0 Å². The van der Waals surface area contributed by atoms with Crippen LogP contribution in [0, 0.1) is 6.92 Å². The normalized spacial score (nSPS) is 19.0. The first-order valence-corrected chi connectivity index (χ1v) is 10.4. The zero-order chi connectivity index (χ0) is 18.4. The van der Waals surface area contributed by atoms with Crippen molar-refractivity contribution >= 4 is 21.6 Å². The van der Waals surface area contributed by atoms with Gasteiger partial charge in [-0.25, -0.2) is 13.1 Å². The second-order valence-electron chi connectivity index (χ2n) is 7.20. The van der Waals surface area contributed by atoms with Crippen LogP contribution in [-0.2, 0) is 20.4 Å². The van der Waals surface area contributed by atoms with E-state index in [-0.39, 0.29) is 10.8 Å². The van der Waals surface area contributed by atoms with Crippen molar-refractivity contribution in [3.8, 4) is 0 Å². The Labute approximate surface area is 154 Å². The molecule has 2 aromatic rings. The maximum atomic E-state index is 12.8. The van der Waals surface area contributed by atoms with Crippen molar-refractivity contribution in [3.63, 3.8) is 0 Å². The van der Waals surface area contributed by atoms with Crippen LogP contribution in [0.25, 0.3) is 0 Å². The van der Waals surface area contributed by atoms with Gasteiger partial charge in [0.1, 0.15) is 0 Å². The number of nitrogens with one attached hydrogen (secondary N) is 1. The van der Waals surface area contributed by atoms with Gasteiger partial charge in [0.15, 0.2) is 0 Å². The molecule has 26 heavy (non-hydrogen) atoms. The summed E-state index contributed by atoms with van der Waals surface area (Å²) < 4.78 is 28.6. The third kappa shape index (κ3) is 3.15. The van der Waals surface area contributed by atoms with E-state index in [2.05, 4.69) is 4.72 Å². The number of hydrogen-bond acceptors (Lipinski definition) is 3. The molecule has 1 saturated carbocycles. The van der Waals surface area contributed by atoms with E-state index in [1.165, 1.54) is 0 Å². The highest BCUT2D eigenvalue weighted by molar-refractivity contribution is 7.89. The number of carbonyl (C=O) groups is 1. The van der Waals surface area contributed by atoms with Crippen LogP contribution in [0.3, 0.4) is 0 Å². The van der Waals surface area contributed by atoms with Gasteiger partial charge < -0.3 is 4.90 Å². The summed E-state index contributed by atoms with van der Waals surface area (Å²) in [5, 5.41) is 0. The van der Waals surface area contributed by atoms with Crippen LogP contribution in [0.2, 0.25) is 0 Å². The van der Waals surface area contributed by atoms with Crippen molar-refractivity contribution in [2.24, 2.45) is 0 Å². The first kappa shape index (κ1) is 17.2. The molecule has 2 fully saturated rings. The Morgan fingerprint density at radius 2 is 1.65 bits per heavy atom. The molecule has 6 heteroatoms. The molecule has 136 valence electrons. The van der Waals surface area contributed by atoms with Crippen LogP contribution >= 0.6 is 0 Å². The van der Waals surface area contributed by atoms with E-state index >= 15 is 0 Å². The summed E-state index contributed by atoms with van der Waals surface area (Å²) in [6, 6.07) is 14.6. The van der Waals surface area contributed by atoms with Crippen molar-refractivity contribution in [2.45, 2.75) is 43.0 Å². The molecule has 5 nitrogen and oxygen atoms in total. The predicted molar refractivity (Wildman–Crippen MR) is 100 cm³/mol. The summed E-state index contributed by atoms with van der Waals surface area (Å²) in [4.78, 5) is 13.8. The zero-order valence-electron chi connectivity index (χ0n) is 14.7. The lowest BCUT2D eigenvalue weighted by molar-refractivity contribution is -0.117. The van der Waals surface area contributed by atoms with E-state index in [9.17, 15) is 13.2 Å². The smallest absolute Gasteiger partial charge is 0.241 e. The van der Waals surface area contributed by atoms with Crippen LogP contribution in [0.15, 0.2) is 53.4 Å². The molecule has 1 heterocycles. The summed E-state index contributed by atoms with van der Waals surface area (Å²) in [5.74, 6) is 0.0926. The number of carbonyl (C=O) groups excluding carboxylic acids is 1. The van der Waals surface area contributed by atoms with Crippen LogP contribution < -0.4 is 9.62 Å². The van der Waals surface area contributed by atoms with E-state index in [4.69, 9.17) is 0 Å². The SMILES string of the molecule is Cc1ccc(C2(NS(=O)(=O)c3ccc(N4CCCC4=O)cc3)CC2)cc1. The van der Waals surface area contributed by atoms with Gasteiger partial charge in [0.05, 0.1) is 10.4 Å². The van der Waals surface area contributed by atoms with Gasteiger partial charge in [-0.05, 0) is 56.0 Å². The number of benzene rings is 2. The second kappa shape index (κ2) is 6.21. The minimum atomic E-state index is -3.62. The maximum Gasteiger partial charge on any atom is 0.241 e. The third-order valence-corrected chi connectivity index (χ3v) is 6.77. The summed E-state index contributed by atoms with van der Waals surface area (Å²) in [7, 11) is -3.62. The number of sulfonamides is 1. The van der Waals surface area contributed by atoms with Gasteiger partial charge in [0, 0.05) is 18.7 Å². The maximum absolute atomic E-state index is 12.8. The Bertz CT molecular complexity index is 930. The number of aryl methyl sites for hydroxylation is 1. The molecule has 4 rings (SSSR count). The van der Waals surface area contributed by atoms with Gasteiger partial charge in [0.2, 0.25) is 15.9 Å². The van der Waals surface area contributed by atoms with Gasteiger partial charge in [-0.3, -0.25) is 4.79 Å².